The molecule has 0 aliphatic carbocycles. The minimum Gasteiger partial charge on any atom is -0.376 e. The first-order chi connectivity index (χ1) is 8.04. The number of hydrogen-bond acceptors (Lipinski definition) is 5. The van der Waals surface area contributed by atoms with Gasteiger partial charge in [-0.05, 0) is 12.8 Å². The summed E-state index contributed by atoms with van der Waals surface area (Å²) in [5.41, 5.74) is 2.20. The number of nitrogen functional groups attached to an aromatic ring is 1. The van der Waals surface area contributed by atoms with E-state index in [1.54, 1.807) is 4.68 Å². The van der Waals surface area contributed by atoms with Crippen molar-refractivity contribution in [2.75, 3.05) is 6.61 Å². The van der Waals surface area contributed by atoms with Gasteiger partial charge in [0.2, 0.25) is 0 Å². The van der Waals surface area contributed by atoms with Crippen LogP contribution in [0.1, 0.15) is 31.3 Å². The van der Waals surface area contributed by atoms with Crippen LogP contribution in [0, 0.1) is 5.92 Å². The number of rotatable bonds is 6. The summed E-state index contributed by atoms with van der Waals surface area (Å²) in [6.07, 6.45) is 1.73. The van der Waals surface area contributed by atoms with Crippen LogP contribution in [-0.2, 0) is 11.3 Å². The van der Waals surface area contributed by atoms with Crippen LogP contribution in [0.3, 0.4) is 0 Å². The molecule has 0 aromatic carbocycles. The van der Waals surface area contributed by atoms with Gasteiger partial charge in [0.05, 0.1) is 25.5 Å². The molecule has 17 heavy (non-hydrogen) atoms. The molecule has 0 saturated heterocycles. The highest BCUT2D eigenvalue weighted by Crippen LogP contribution is 2.04. The average molecular weight is 241 g/mol. The highest BCUT2D eigenvalue weighted by Gasteiger charge is 2.10. The Kier molecular flexibility index (Phi) is 5.05. The van der Waals surface area contributed by atoms with Crippen LogP contribution >= 0.6 is 0 Å². The lowest BCUT2D eigenvalue weighted by atomic mass is 10.1. The summed E-state index contributed by atoms with van der Waals surface area (Å²) in [5.74, 6) is 5.01. The van der Waals surface area contributed by atoms with E-state index in [0.717, 1.165) is 0 Å². The van der Waals surface area contributed by atoms with Gasteiger partial charge < -0.3 is 4.74 Å². The van der Waals surface area contributed by atoms with Crippen molar-refractivity contribution in [3.05, 3.63) is 11.9 Å². The lowest BCUT2D eigenvalue weighted by Crippen LogP contribution is -2.30. The monoisotopic (exact) mass is 241 g/mol. The van der Waals surface area contributed by atoms with Crippen molar-refractivity contribution in [1.29, 1.82) is 0 Å². The first-order valence-electron chi connectivity index (χ1n) is 5.57. The predicted octanol–water partition coefficient (Wildman–Crippen LogP) is -0.0573. The van der Waals surface area contributed by atoms with E-state index >= 15 is 0 Å². The zero-order valence-electron chi connectivity index (χ0n) is 10.4. The molecule has 0 aliphatic rings. The zero-order chi connectivity index (χ0) is 12.8. The molecule has 0 bridgehead atoms. The first kappa shape index (κ1) is 13.6. The minimum atomic E-state index is -0.451. The zero-order valence-corrected chi connectivity index (χ0v) is 10.4. The van der Waals surface area contributed by atoms with Crippen LogP contribution in [0.2, 0.25) is 0 Å². The summed E-state index contributed by atoms with van der Waals surface area (Å²) in [4.78, 5) is 11.1. The molecular weight excluding hydrogens is 222 g/mol. The lowest BCUT2D eigenvalue weighted by molar-refractivity contribution is 0.0293. The van der Waals surface area contributed by atoms with Crippen molar-refractivity contribution in [2.45, 2.75) is 33.4 Å². The molecule has 96 valence electrons. The molecule has 1 amide bonds. The van der Waals surface area contributed by atoms with Gasteiger partial charge in [0, 0.05) is 0 Å². The second-order valence-electron chi connectivity index (χ2n) is 4.16. The molecule has 1 rings (SSSR count). The number of carbonyl (C=O) groups excluding carboxylic acids is 1. The van der Waals surface area contributed by atoms with Gasteiger partial charge in [0.25, 0.3) is 5.91 Å². The maximum Gasteiger partial charge on any atom is 0.287 e. The summed E-state index contributed by atoms with van der Waals surface area (Å²) in [7, 11) is 0. The third-order valence-corrected chi connectivity index (χ3v) is 2.54. The smallest absolute Gasteiger partial charge is 0.287 e. The van der Waals surface area contributed by atoms with Crippen molar-refractivity contribution in [3.63, 3.8) is 0 Å². The van der Waals surface area contributed by atoms with Crippen molar-refractivity contribution in [2.24, 2.45) is 11.8 Å². The molecule has 7 heteroatoms. The molecule has 0 radical (unpaired) electrons. The van der Waals surface area contributed by atoms with Gasteiger partial charge in [-0.1, -0.05) is 19.1 Å². The largest absolute Gasteiger partial charge is 0.376 e. The topological polar surface area (TPSA) is 95.1 Å². The molecule has 1 atom stereocenters. The number of hydrazine groups is 1. The average Bonchev–Trinajstić information content (AvgIpc) is 2.76. The SMILES string of the molecule is CC(C)C(C)OCCn1cc(C(=O)NN)nn1. The van der Waals surface area contributed by atoms with E-state index in [9.17, 15) is 4.79 Å². The van der Waals surface area contributed by atoms with Crippen LogP contribution < -0.4 is 11.3 Å². The fraction of sp³-hybridized carbons (Fsp3) is 0.700. The van der Waals surface area contributed by atoms with E-state index < -0.39 is 5.91 Å². The van der Waals surface area contributed by atoms with E-state index in [4.69, 9.17) is 10.6 Å². The third kappa shape index (κ3) is 4.12. The molecule has 1 aromatic rings. The summed E-state index contributed by atoms with van der Waals surface area (Å²) in [6.45, 7) is 7.32. The molecule has 0 fully saturated rings. The Hall–Kier alpha value is -1.47. The Morgan fingerprint density at radius 2 is 2.29 bits per heavy atom. The fourth-order valence-electron chi connectivity index (χ4n) is 1.11. The Balaban J connectivity index is 2.37. The summed E-state index contributed by atoms with van der Waals surface area (Å²) < 4.78 is 7.14. The Labute approximate surface area is 100 Å². The van der Waals surface area contributed by atoms with Gasteiger partial charge in [-0.3, -0.25) is 10.2 Å². The molecule has 7 nitrogen and oxygen atoms in total. The number of carbonyl (C=O) groups is 1. The molecule has 1 aromatic heterocycles. The standard InChI is InChI=1S/C10H19N5O2/c1-7(2)8(3)17-5-4-15-6-9(13-14-15)10(16)12-11/h6-8H,4-5,11H2,1-3H3,(H,12,16). The Morgan fingerprint density at radius 3 is 2.88 bits per heavy atom. The maximum atomic E-state index is 11.1. The fourth-order valence-corrected chi connectivity index (χ4v) is 1.11. The number of aromatic nitrogens is 3. The van der Waals surface area contributed by atoms with E-state index in [-0.39, 0.29) is 11.8 Å². The molecule has 0 aliphatic heterocycles. The summed E-state index contributed by atoms with van der Waals surface area (Å²) in [6, 6.07) is 0. The summed E-state index contributed by atoms with van der Waals surface area (Å²) >= 11 is 0. The van der Waals surface area contributed by atoms with Crippen LogP contribution in [0.25, 0.3) is 0 Å². The normalized spacial score (nSPS) is 12.8. The van der Waals surface area contributed by atoms with E-state index in [0.29, 0.717) is 19.1 Å². The minimum absolute atomic E-state index is 0.199. The van der Waals surface area contributed by atoms with Crippen LogP contribution in [0.4, 0.5) is 0 Å². The molecule has 1 heterocycles. The third-order valence-electron chi connectivity index (χ3n) is 2.54. The van der Waals surface area contributed by atoms with Gasteiger partial charge in [0.1, 0.15) is 0 Å². The number of nitrogens with two attached hydrogens (primary N) is 1. The highest BCUT2D eigenvalue weighted by atomic mass is 16.5. The maximum absolute atomic E-state index is 11.1. The van der Waals surface area contributed by atoms with Crippen molar-refractivity contribution in [1.82, 2.24) is 20.4 Å². The Morgan fingerprint density at radius 1 is 1.59 bits per heavy atom. The molecule has 3 N–H and O–H groups in total. The van der Waals surface area contributed by atoms with E-state index in [1.807, 2.05) is 12.3 Å². The molecule has 0 spiro atoms. The van der Waals surface area contributed by atoms with Gasteiger partial charge >= 0.3 is 0 Å². The summed E-state index contributed by atoms with van der Waals surface area (Å²) in [5, 5.41) is 7.48. The number of amides is 1. The van der Waals surface area contributed by atoms with Crippen molar-refractivity contribution >= 4 is 5.91 Å². The van der Waals surface area contributed by atoms with Crippen LogP contribution in [-0.4, -0.2) is 33.6 Å². The second kappa shape index (κ2) is 6.31. The van der Waals surface area contributed by atoms with Gasteiger partial charge in [-0.2, -0.15) is 0 Å². The molecule has 0 saturated carbocycles. The van der Waals surface area contributed by atoms with E-state index in [1.165, 1.54) is 6.20 Å². The van der Waals surface area contributed by atoms with Crippen LogP contribution in [0.15, 0.2) is 6.20 Å². The molecule has 1 unspecified atom stereocenters. The highest BCUT2D eigenvalue weighted by molar-refractivity contribution is 5.91. The van der Waals surface area contributed by atoms with Crippen LogP contribution in [0.5, 0.6) is 0 Å². The number of nitrogens with zero attached hydrogens (tertiary/aromatic N) is 3. The number of hydrogen-bond donors (Lipinski definition) is 2. The quantitative estimate of drug-likeness (QED) is 0.413. The van der Waals surface area contributed by atoms with E-state index in [2.05, 4.69) is 24.2 Å². The lowest BCUT2D eigenvalue weighted by Gasteiger charge is -2.16. The van der Waals surface area contributed by atoms with Gasteiger partial charge in [-0.15, -0.1) is 5.10 Å². The van der Waals surface area contributed by atoms with Gasteiger partial charge in [0.15, 0.2) is 5.69 Å². The van der Waals surface area contributed by atoms with Crippen molar-refractivity contribution in [3.8, 4) is 0 Å². The first-order valence-corrected chi connectivity index (χ1v) is 5.57. The predicted molar refractivity (Wildman–Crippen MR) is 61.9 cm³/mol. The number of ether oxygens (including phenoxy) is 1. The molecular formula is C10H19N5O2. The second-order valence-corrected chi connectivity index (χ2v) is 4.16. The Bertz CT molecular complexity index is 363. The van der Waals surface area contributed by atoms with Gasteiger partial charge in [-0.25, -0.2) is 10.5 Å². The number of nitrogens with one attached hydrogen (secondary N) is 1. The van der Waals surface area contributed by atoms with Crippen molar-refractivity contribution < 1.29 is 9.53 Å².